The normalized spacial score (nSPS) is 17.7. The number of aromatic nitrogens is 4. The third-order valence-electron chi connectivity index (χ3n) is 7.55. The monoisotopic (exact) mass is 512 g/mol. The topological polar surface area (TPSA) is 84.2 Å². The van der Waals surface area contributed by atoms with Gasteiger partial charge in [-0.15, -0.1) is 0 Å². The molecule has 37 heavy (non-hydrogen) atoms. The van der Waals surface area contributed by atoms with E-state index in [0.29, 0.717) is 50.4 Å². The van der Waals surface area contributed by atoms with E-state index in [2.05, 4.69) is 22.1 Å². The Morgan fingerprint density at radius 2 is 1.62 bits per heavy atom. The van der Waals surface area contributed by atoms with Crippen molar-refractivity contribution < 1.29 is 9.59 Å². The summed E-state index contributed by atoms with van der Waals surface area (Å²) in [6.45, 7) is 2.69. The molecule has 1 saturated heterocycles. The molecule has 1 saturated carbocycles. The van der Waals surface area contributed by atoms with Crippen molar-refractivity contribution in [3.63, 3.8) is 0 Å². The molecule has 1 aliphatic carbocycles. The highest BCUT2D eigenvalue weighted by molar-refractivity contribution is 7.09. The quantitative estimate of drug-likeness (QED) is 0.400. The summed E-state index contributed by atoms with van der Waals surface area (Å²) in [7, 11) is 0. The van der Waals surface area contributed by atoms with Gasteiger partial charge in [-0.2, -0.15) is 9.47 Å². The number of ketones is 1. The van der Waals surface area contributed by atoms with Crippen LogP contribution < -0.4 is 4.90 Å². The molecule has 0 N–H and O–H groups in total. The molecular formula is C28H28N6O2S. The van der Waals surface area contributed by atoms with Gasteiger partial charge in [-0.25, -0.2) is 9.67 Å². The third kappa shape index (κ3) is 4.55. The molecular weight excluding hydrogens is 484 g/mol. The zero-order chi connectivity index (χ0) is 25.2. The van der Waals surface area contributed by atoms with Crippen LogP contribution in [0.1, 0.15) is 47.4 Å². The largest absolute Gasteiger partial charge is 0.343 e. The van der Waals surface area contributed by atoms with Crippen molar-refractivity contribution in [2.24, 2.45) is 0 Å². The van der Waals surface area contributed by atoms with Gasteiger partial charge in [-0.3, -0.25) is 9.59 Å². The van der Waals surface area contributed by atoms with Crippen LogP contribution in [-0.4, -0.2) is 61.9 Å². The molecule has 6 rings (SSSR count). The van der Waals surface area contributed by atoms with E-state index >= 15 is 0 Å². The molecule has 0 atom stereocenters. The molecule has 9 heteroatoms. The lowest BCUT2D eigenvalue weighted by atomic mass is 9.68. The number of amides is 1. The van der Waals surface area contributed by atoms with Crippen molar-refractivity contribution in [3.8, 4) is 5.69 Å². The van der Waals surface area contributed by atoms with Gasteiger partial charge in [0, 0.05) is 68.5 Å². The molecule has 2 aromatic heterocycles. The number of rotatable bonds is 5. The molecule has 1 amide bonds. The molecule has 2 aliphatic rings. The highest BCUT2D eigenvalue weighted by atomic mass is 32.1. The third-order valence-corrected chi connectivity index (χ3v) is 8.33. The fourth-order valence-corrected chi connectivity index (χ4v) is 6.16. The van der Waals surface area contributed by atoms with Gasteiger partial charge in [0.1, 0.15) is 5.78 Å². The summed E-state index contributed by atoms with van der Waals surface area (Å²) in [5.74, 6) is 1.18. The van der Waals surface area contributed by atoms with E-state index in [9.17, 15) is 9.59 Å². The minimum Gasteiger partial charge on any atom is -0.343 e. The maximum absolute atomic E-state index is 13.1. The highest BCUT2D eigenvalue weighted by Crippen LogP contribution is 2.43. The molecule has 0 radical (unpaired) electrons. The Bertz CT molecular complexity index is 1370. The molecule has 0 spiro atoms. The summed E-state index contributed by atoms with van der Waals surface area (Å²) in [5, 5.41) is 5.12. The number of hydrogen-bond acceptors (Lipinski definition) is 7. The zero-order valence-electron chi connectivity index (χ0n) is 20.5. The Kier molecular flexibility index (Phi) is 6.30. The van der Waals surface area contributed by atoms with Gasteiger partial charge in [0.05, 0.1) is 11.1 Å². The second-order valence-corrected chi connectivity index (χ2v) is 10.4. The molecule has 4 aromatic rings. The lowest BCUT2D eigenvalue weighted by molar-refractivity contribution is -0.121. The number of nitrogens with zero attached hydrogens (tertiary/aromatic N) is 6. The minimum absolute atomic E-state index is 0.0412. The average molecular weight is 513 g/mol. The first-order valence-corrected chi connectivity index (χ1v) is 13.5. The van der Waals surface area contributed by atoms with Crippen molar-refractivity contribution in [3.05, 3.63) is 90.0 Å². The molecule has 1 aliphatic heterocycles. The van der Waals surface area contributed by atoms with E-state index in [1.807, 2.05) is 59.6 Å². The molecule has 2 aromatic carbocycles. The van der Waals surface area contributed by atoms with Crippen LogP contribution in [0, 0.1) is 0 Å². The molecule has 0 unspecified atom stereocenters. The van der Waals surface area contributed by atoms with Crippen molar-refractivity contribution >= 4 is 28.4 Å². The summed E-state index contributed by atoms with van der Waals surface area (Å²) >= 11 is 1.42. The lowest BCUT2D eigenvalue weighted by Gasteiger charge is -2.35. The average Bonchev–Trinajstić information content (AvgIpc) is 3.68. The summed E-state index contributed by atoms with van der Waals surface area (Å²) in [4.78, 5) is 34.3. The smallest absolute Gasteiger partial charge is 0.253 e. The second kappa shape index (κ2) is 9.89. The number of carbonyl (C=O) groups is 2. The minimum atomic E-state index is -0.315. The van der Waals surface area contributed by atoms with Crippen LogP contribution in [0.2, 0.25) is 0 Å². The van der Waals surface area contributed by atoms with Gasteiger partial charge >= 0.3 is 0 Å². The Morgan fingerprint density at radius 3 is 2.30 bits per heavy atom. The van der Waals surface area contributed by atoms with E-state index < -0.39 is 0 Å². The van der Waals surface area contributed by atoms with Crippen molar-refractivity contribution in [1.29, 1.82) is 0 Å². The van der Waals surface area contributed by atoms with Gasteiger partial charge in [-0.05, 0) is 48.7 Å². The first-order chi connectivity index (χ1) is 18.1. The van der Waals surface area contributed by atoms with E-state index in [1.54, 1.807) is 10.9 Å². The van der Waals surface area contributed by atoms with E-state index in [4.69, 9.17) is 9.36 Å². The van der Waals surface area contributed by atoms with Gasteiger partial charge in [0.2, 0.25) is 5.13 Å². The molecule has 0 bridgehead atoms. The van der Waals surface area contributed by atoms with Crippen molar-refractivity contribution in [2.75, 3.05) is 31.1 Å². The predicted molar refractivity (Wildman–Crippen MR) is 142 cm³/mol. The van der Waals surface area contributed by atoms with E-state index in [-0.39, 0.29) is 11.3 Å². The molecule has 3 heterocycles. The van der Waals surface area contributed by atoms with Crippen LogP contribution in [0.4, 0.5) is 5.13 Å². The first-order valence-electron chi connectivity index (χ1n) is 12.7. The van der Waals surface area contributed by atoms with Crippen LogP contribution in [0.25, 0.3) is 5.69 Å². The lowest BCUT2D eigenvalue weighted by Crippen LogP contribution is -2.48. The molecule has 8 nitrogen and oxygen atoms in total. The predicted octanol–water partition coefficient (Wildman–Crippen LogP) is 4.12. The number of piperazine rings is 1. The van der Waals surface area contributed by atoms with Gasteiger partial charge < -0.3 is 9.80 Å². The summed E-state index contributed by atoms with van der Waals surface area (Å²) in [6.07, 6.45) is 6.22. The standard InChI is InChI=1S/C28H28N6O2S/c35-24-11-13-28(14-12-24,22-5-2-1-3-6-22)26-30-27(37-31-26)33-19-17-32(18-20-33)25(36)21-7-9-23(10-8-21)34-16-4-15-29-34/h1-10,15-16H,11-14,17-20H2. The van der Waals surface area contributed by atoms with Gasteiger partial charge in [0.15, 0.2) is 5.82 Å². The second-order valence-electron chi connectivity index (χ2n) is 9.66. The van der Waals surface area contributed by atoms with Gasteiger partial charge in [0.25, 0.3) is 5.91 Å². The van der Waals surface area contributed by atoms with Crippen molar-refractivity contribution in [1.82, 2.24) is 24.0 Å². The Labute approximate surface area is 219 Å². The summed E-state index contributed by atoms with van der Waals surface area (Å²) in [5.41, 5.74) is 2.47. The first kappa shape index (κ1) is 23.5. The number of benzene rings is 2. The van der Waals surface area contributed by atoms with E-state index in [1.165, 1.54) is 17.1 Å². The fraction of sp³-hybridized carbons (Fsp3) is 0.321. The maximum atomic E-state index is 13.1. The molecule has 188 valence electrons. The van der Waals surface area contributed by atoms with Crippen LogP contribution >= 0.6 is 11.5 Å². The summed E-state index contributed by atoms with van der Waals surface area (Å²) < 4.78 is 6.58. The van der Waals surface area contributed by atoms with Gasteiger partial charge in [-0.1, -0.05) is 30.3 Å². The Balaban J connectivity index is 1.14. The number of hydrogen-bond donors (Lipinski definition) is 0. The van der Waals surface area contributed by atoms with Crippen molar-refractivity contribution in [2.45, 2.75) is 31.1 Å². The molecule has 2 fully saturated rings. The number of anilines is 1. The zero-order valence-corrected chi connectivity index (χ0v) is 21.3. The van der Waals surface area contributed by atoms with E-state index in [0.717, 1.165) is 29.5 Å². The van der Waals surface area contributed by atoms with Crippen LogP contribution in [0.15, 0.2) is 73.1 Å². The fourth-order valence-electron chi connectivity index (χ4n) is 5.35. The number of carbonyl (C=O) groups excluding carboxylic acids is 2. The SMILES string of the molecule is O=C1CCC(c2ccccc2)(c2nsc(N3CCN(C(=O)c4ccc(-n5cccn5)cc4)CC3)n2)CC1. The van der Waals surface area contributed by atoms with Crippen LogP contribution in [0.5, 0.6) is 0 Å². The Morgan fingerprint density at radius 1 is 0.892 bits per heavy atom. The van der Waals surface area contributed by atoms with Crippen LogP contribution in [-0.2, 0) is 10.2 Å². The maximum Gasteiger partial charge on any atom is 0.253 e. The Hall–Kier alpha value is -3.85. The number of Topliss-reactive ketones (excluding diaryl/α,β-unsaturated/α-hetero) is 1. The highest BCUT2D eigenvalue weighted by Gasteiger charge is 2.41. The summed E-state index contributed by atoms with van der Waals surface area (Å²) in [6, 6.07) is 19.8. The van der Waals surface area contributed by atoms with Crippen LogP contribution in [0.3, 0.4) is 0 Å².